The molecule has 5 heteroatoms. The second-order valence-corrected chi connectivity index (χ2v) is 6.52. The van der Waals surface area contributed by atoms with E-state index in [-0.39, 0.29) is 15.4 Å². The molecule has 1 aromatic rings. The van der Waals surface area contributed by atoms with Crippen molar-refractivity contribution < 1.29 is 4.92 Å². The molecular weight excluding hydrogens is 236 g/mol. The normalized spacial score (nSPS) is 11.3. The van der Waals surface area contributed by atoms with Gasteiger partial charge in [-0.1, -0.05) is 32.9 Å². The van der Waals surface area contributed by atoms with Gasteiger partial charge in [0.25, 0.3) is 5.69 Å². The lowest BCUT2D eigenvalue weighted by Gasteiger charge is -2.18. The molecule has 94 valence electrons. The van der Waals surface area contributed by atoms with Crippen molar-refractivity contribution in [1.82, 2.24) is 0 Å². The molecular formula is C12H18N2O2S. The third kappa shape index (κ3) is 3.93. The van der Waals surface area contributed by atoms with Crippen molar-refractivity contribution in [3.63, 3.8) is 0 Å². The minimum absolute atomic E-state index is 0.138. The molecule has 0 aromatic heterocycles. The summed E-state index contributed by atoms with van der Waals surface area (Å²) in [6, 6.07) is 5.19. The molecule has 4 nitrogen and oxygen atoms in total. The van der Waals surface area contributed by atoms with E-state index in [0.29, 0.717) is 5.69 Å². The Balaban J connectivity index is 2.99. The Hall–Kier alpha value is -1.23. The third-order valence-electron chi connectivity index (χ3n) is 2.24. The molecule has 0 unspecified atom stereocenters. The molecule has 0 aliphatic rings. The average molecular weight is 254 g/mol. The van der Waals surface area contributed by atoms with Crippen molar-refractivity contribution in [3.8, 4) is 0 Å². The number of nitrogens with zero attached hydrogens (tertiary/aromatic N) is 1. The summed E-state index contributed by atoms with van der Waals surface area (Å²) in [7, 11) is 1.72. The van der Waals surface area contributed by atoms with Gasteiger partial charge >= 0.3 is 0 Å². The first kappa shape index (κ1) is 13.8. The lowest BCUT2D eigenvalue weighted by Crippen LogP contribution is -2.08. The number of thioether (sulfide) groups is 1. The summed E-state index contributed by atoms with van der Waals surface area (Å²) >= 11 is 1.77. The number of nitro benzene ring substituents is 1. The maximum absolute atomic E-state index is 10.9. The average Bonchev–Trinajstić information content (AvgIpc) is 2.24. The number of rotatable bonds is 4. The van der Waals surface area contributed by atoms with E-state index < -0.39 is 0 Å². The van der Waals surface area contributed by atoms with Crippen LogP contribution in [0.2, 0.25) is 0 Å². The molecule has 0 amide bonds. The summed E-state index contributed by atoms with van der Waals surface area (Å²) in [5.41, 5.74) is 1.73. The van der Waals surface area contributed by atoms with E-state index in [0.717, 1.165) is 11.3 Å². The van der Waals surface area contributed by atoms with Crippen LogP contribution in [0.25, 0.3) is 0 Å². The summed E-state index contributed by atoms with van der Waals surface area (Å²) in [6.45, 7) is 6.40. The van der Waals surface area contributed by atoms with Gasteiger partial charge in [0.05, 0.1) is 4.92 Å². The largest absolute Gasteiger partial charge is 0.382 e. The Labute approximate surface area is 106 Å². The van der Waals surface area contributed by atoms with Crippen molar-refractivity contribution in [2.24, 2.45) is 0 Å². The SMILES string of the molecule is CNc1c(CSC(C)(C)C)cccc1[N+](=O)[O-]. The van der Waals surface area contributed by atoms with E-state index >= 15 is 0 Å². The van der Waals surface area contributed by atoms with E-state index in [4.69, 9.17) is 0 Å². The zero-order valence-corrected chi connectivity index (χ0v) is 11.4. The summed E-state index contributed by atoms with van der Waals surface area (Å²) in [5.74, 6) is 0.765. The summed E-state index contributed by atoms with van der Waals surface area (Å²) in [4.78, 5) is 10.5. The standard InChI is InChI=1S/C12H18N2O2S/c1-12(2,3)17-8-9-6-5-7-10(14(15)16)11(9)13-4/h5-7,13H,8H2,1-4H3. The first-order chi connectivity index (χ1) is 7.85. The molecule has 0 fully saturated rings. The van der Waals surface area contributed by atoms with E-state index in [1.165, 1.54) is 6.07 Å². The van der Waals surface area contributed by atoms with Gasteiger partial charge in [-0.25, -0.2) is 0 Å². The number of nitrogens with one attached hydrogen (secondary N) is 1. The van der Waals surface area contributed by atoms with Gasteiger partial charge in [-0.05, 0) is 5.56 Å². The molecule has 0 atom stereocenters. The predicted octanol–water partition coefficient (Wildman–Crippen LogP) is 3.67. The van der Waals surface area contributed by atoms with Gasteiger partial charge in [-0.3, -0.25) is 10.1 Å². The molecule has 0 saturated heterocycles. The fourth-order valence-electron chi connectivity index (χ4n) is 1.44. The van der Waals surface area contributed by atoms with Gasteiger partial charge in [0.2, 0.25) is 0 Å². The van der Waals surface area contributed by atoms with Gasteiger partial charge in [0, 0.05) is 23.6 Å². The first-order valence-electron chi connectivity index (χ1n) is 5.43. The molecule has 0 heterocycles. The van der Waals surface area contributed by atoms with Crippen LogP contribution in [0.3, 0.4) is 0 Å². The van der Waals surface area contributed by atoms with Crippen molar-refractivity contribution >= 4 is 23.1 Å². The summed E-state index contributed by atoms with van der Waals surface area (Å²) in [5, 5.41) is 13.8. The maximum atomic E-state index is 10.9. The molecule has 0 radical (unpaired) electrons. The van der Waals surface area contributed by atoms with E-state index in [1.54, 1.807) is 24.9 Å². The van der Waals surface area contributed by atoms with Crippen molar-refractivity contribution in [3.05, 3.63) is 33.9 Å². The Kier molecular flexibility index (Phi) is 4.40. The van der Waals surface area contributed by atoms with Gasteiger partial charge in [0.1, 0.15) is 5.69 Å². The molecule has 1 aromatic carbocycles. The van der Waals surface area contributed by atoms with E-state index in [1.807, 2.05) is 6.07 Å². The Morgan fingerprint density at radius 1 is 1.41 bits per heavy atom. The number of hydrogen-bond acceptors (Lipinski definition) is 4. The van der Waals surface area contributed by atoms with Gasteiger partial charge < -0.3 is 5.32 Å². The fraction of sp³-hybridized carbons (Fsp3) is 0.500. The monoisotopic (exact) mass is 254 g/mol. The van der Waals surface area contributed by atoms with Crippen molar-refractivity contribution in [2.75, 3.05) is 12.4 Å². The van der Waals surface area contributed by atoms with E-state index in [9.17, 15) is 10.1 Å². The van der Waals surface area contributed by atoms with Crippen molar-refractivity contribution in [1.29, 1.82) is 0 Å². The lowest BCUT2D eigenvalue weighted by molar-refractivity contribution is -0.384. The quantitative estimate of drug-likeness (QED) is 0.658. The van der Waals surface area contributed by atoms with Crippen LogP contribution in [0.5, 0.6) is 0 Å². The Bertz CT molecular complexity index is 413. The minimum Gasteiger partial charge on any atom is -0.382 e. The summed E-state index contributed by atoms with van der Waals surface area (Å²) < 4.78 is 0.148. The number of anilines is 1. The van der Waals surface area contributed by atoms with Gasteiger partial charge in [0.15, 0.2) is 0 Å². The molecule has 0 saturated carbocycles. The molecule has 1 rings (SSSR count). The molecule has 0 aliphatic carbocycles. The predicted molar refractivity (Wildman–Crippen MR) is 73.7 cm³/mol. The highest BCUT2D eigenvalue weighted by Crippen LogP contribution is 2.34. The molecule has 1 N–H and O–H groups in total. The van der Waals surface area contributed by atoms with Crippen LogP contribution in [0, 0.1) is 10.1 Å². The Morgan fingerprint density at radius 3 is 2.53 bits per heavy atom. The smallest absolute Gasteiger partial charge is 0.292 e. The van der Waals surface area contributed by atoms with Crippen molar-refractivity contribution in [2.45, 2.75) is 31.3 Å². The zero-order chi connectivity index (χ0) is 13.1. The minimum atomic E-state index is -0.350. The first-order valence-corrected chi connectivity index (χ1v) is 6.41. The highest BCUT2D eigenvalue weighted by molar-refractivity contribution is 7.99. The Morgan fingerprint density at radius 2 is 2.06 bits per heavy atom. The number of hydrogen-bond donors (Lipinski definition) is 1. The zero-order valence-electron chi connectivity index (χ0n) is 10.6. The van der Waals surface area contributed by atoms with Gasteiger partial charge in [-0.2, -0.15) is 11.8 Å². The van der Waals surface area contributed by atoms with E-state index in [2.05, 4.69) is 26.1 Å². The fourth-order valence-corrected chi connectivity index (χ4v) is 2.27. The topological polar surface area (TPSA) is 55.2 Å². The lowest BCUT2D eigenvalue weighted by atomic mass is 10.1. The van der Waals surface area contributed by atoms with Gasteiger partial charge in [-0.15, -0.1) is 0 Å². The van der Waals surface area contributed by atoms with Crippen LogP contribution in [0.1, 0.15) is 26.3 Å². The molecule has 17 heavy (non-hydrogen) atoms. The second-order valence-electron chi connectivity index (χ2n) is 4.72. The van der Waals surface area contributed by atoms with Crippen LogP contribution < -0.4 is 5.32 Å². The molecule has 0 bridgehead atoms. The third-order valence-corrected chi connectivity index (χ3v) is 3.56. The van der Waals surface area contributed by atoms with Crippen LogP contribution in [-0.2, 0) is 5.75 Å². The highest BCUT2D eigenvalue weighted by atomic mass is 32.2. The van der Waals surface area contributed by atoms with Crippen LogP contribution in [0.4, 0.5) is 11.4 Å². The highest BCUT2D eigenvalue weighted by Gasteiger charge is 2.18. The molecule has 0 spiro atoms. The molecule has 0 aliphatic heterocycles. The van der Waals surface area contributed by atoms with Crippen LogP contribution >= 0.6 is 11.8 Å². The second kappa shape index (κ2) is 5.40. The maximum Gasteiger partial charge on any atom is 0.292 e. The summed E-state index contributed by atoms with van der Waals surface area (Å²) in [6.07, 6.45) is 0. The number of benzene rings is 1. The number of nitro groups is 1. The van der Waals surface area contributed by atoms with Crippen LogP contribution in [0.15, 0.2) is 18.2 Å². The van der Waals surface area contributed by atoms with Crippen LogP contribution in [-0.4, -0.2) is 16.7 Å². The number of para-hydroxylation sites is 1.